The van der Waals surface area contributed by atoms with E-state index in [1.165, 1.54) is 0 Å². The van der Waals surface area contributed by atoms with Crippen molar-refractivity contribution in [3.63, 3.8) is 0 Å². The van der Waals surface area contributed by atoms with Gasteiger partial charge < -0.3 is 20.8 Å². The van der Waals surface area contributed by atoms with Crippen LogP contribution in [-0.4, -0.2) is 92.4 Å². The fourth-order valence-electron chi connectivity index (χ4n) is 8.88. The molecule has 8 rings (SSSR count). The molecule has 0 spiro atoms. The zero-order chi connectivity index (χ0) is 45.8. The predicted molar refractivity (Wildman–Crippen MR) is 257 cm³/mol. The predicted octanol–water partition coefficient (Wildman–Crippen LogP) is 8.17. The van der Waals surface area contributed by atoms with Crippen LogP contribution in [0.15, 0.2) is 180 Å². The maximum Gasteiger partial charge on any atom is 0.331 e. The molecule has 2 amide bonds. The quantitative estimate of drug-likeness (QED) is 0.0667. The molecule has 12 nitrogen and oxygen atoms in total. The van der Waals surface area contributed by atoms with E-state index in [4.69, 9.17) is 9.98 Å². The number of aliphatic carboxylic acids is 2. The van der Waals surface area contributed by atoms with Gasteiger partial charge >= 0.3 is 11.9 Å². The summed E-state index contributed by atoms with van der Waals surface area (Å²) in [6.07, 6.45) is 3.06. The Hall–Kier alpha value is -7.54. The van der Waals surface area contributed by atoms with Crippen LogP contribution in [0.3, 0.4) is 0 Å². The lowest BCUT2D eigenvalue weighted by atomic mass is 9.97. The van der Waals surface area contributed by atoms with Gasteiger partial charge in [-0.25, -0.2) is 9.59 Å². The van der Waals surface area contributed by atoms with Gasteiger partial charge in [0.05, 0.1) is 34.9 Å². The molecule has 6 aromatic rings. The number of nitrogens with zero attached hydrogens (tertiary/aromatic N) is 4. The zero-order valence-corrected chi connectivity index (χ0v) is 36.4. The van der Waals surface area contributed by atoms with Crippen LogP contribution in [0, 0.1) is 0 Å². The molecule has 0 bridgehead atoms. The van der Waals surface area contributed by atoms with Gasteiger partial charge in [-0.2, -0.15) is 0 Å². The van der Waals surface area contributed by atoms with Gasteiger partial charge in [-0.3, -0.25) is 29.4 Å². The van der Waals surface area contributed by atoms with Crippen molar-refractivity contribution in [1.29, 1.82) is 0 Å². The lowest BCUT2D eigenvalue weighted by Gasteiger charge is -2.25. The molecule has 334 valence electrons. The third-order valence-corrected chi connectivity index (χ3v) is 12.1. The summed E-state index contributed by atoms with van der Waals surface area (Å²) in [5.74, 6) is -3.45. The van der Waals surface area contributed by atoms with Gasteiger partial charge in [-0.05, 0) is 62.0 Å². The first-order valence-corrected chi connectivity index (χ1v) is 22.3. The Morgan fingerprint density at radius 3 is 1.18 bits per heavy atom. The molecule has 2 heterocycles. The summed E-state index contributed by atoms with van der Waals surface area (Å²) < 4.78 is 0. The summed E-state index contributed by atoms with van der Waals surface area (Å²) >= 11 is 0. The number of hydrogen-bond donors (Lipinski definition) is 4. The highest BCUT2D eigenvalue weighted by Gasteiger charge is 2.37. The van der Waals surface area contributed by atoms with E-state index in [0.717, 1.165) is 37.1 Å². The number of carbonyl (C=O) groups excluding carboxylic acids is 2. The van der Waals surface area contributed by atoms with E-state index < -0.39 is 36.1 Å². The van der Waals surface area contributed by atoms with Crippen LogP contribution in [0.2, 0.25) is 0 Å². The average Bonchev–Trinajstić information content (AvgIpc) is 4.02. The number of aliphatic imine (C=N–C) groups is 2. The molecule has 4 atom stereocenters. The second kappa shape index (κ2) is 21.4. The first kappa shape index (κ1) is 45.0. The van der Waals surface area contributed by atoms with Gasteiger partial charge in [0, 0.05) is 35.3 Å². The third-order valence-electron chi connectivity index (χ3n) is 12.1. The van der Waals surface area contributed by atoms with E-state index in [0.29, 0.717) is 59.6 Å². The second-order valence-electron chi connectivity index (χ2n) is 16.6. The number of para-hydroxylation sites is 2. The van der Waals surface area contributed by atoms with E-state index >= 15 is 0 Å². The van der Waals surface area contributed by atoms with Crippen molar-refractivity contribution in [1.82, 2.24) is 9.80 Å². The van der Waals surface area contributed by atoms with E-state index in [9.17, 15) is 29.4 Å². The summed E-state index contributed by atoms with van der Waals surface area (Å²) in [6.45, 7) is 2.76. The Morgan fingerprint density at radius 2 is 0.818 bits per heavy atom. The second-order valence-corrected chi connectivity index (χ2v) is 16.6. The van der Waals surface area contributed by atoms with E-state index in [2.05, 4.69) is 20.4 Å². The number of benzene rings is 6. The molecule has 2 fully saturated rings. The number of rotatable bonds is 17. The topological polar surface area (TPSA) is 164 Å². The van der Waals surface area contributed by atoms with Gasteiger partial charge in [-0.15, -0.1) is 0 Å². The summed E-state index contributed by atoms with van der Waals surface area (Å²) in [4.78, 5) is 69.0. The van der Waals surface area contributed by atoms with Crippen LogP contribution < -0.4 is 10.6 Å². The molecular weight excluding hydrogens is 829 g/mol. The number of likely N-dealkylation sites (tertiary alicyclic amines) is 2. The fourth-order valence-corrected chi connectivity index (χ4v) is 8.88. The van der Waals surface area contributed by atoms with Crippen molar-refractivity contribution in [3.8, 4) is 0 Å². The van der Waals surface area contributed by atoms with Crippen LogP contribution in [0.25, 0.3) is 0 Å². The van der Waals surface area contributed by atoms with Crippen LogP contribution in [0.5, 0.6) is 0 Å². The largest absolute Gasteiger partial charge is 0.480 e. The smallest absolute Gasteiger partial charge is 0.331 e. The Morgan fingerprint density at radius 1 is 0.485 bits per heavy atom. The van der Waals surface area contributed by atoms with Crippen molar-refractivity contribution >= 4 is 46.6 Å². The molecule has 0 aromatic heterocycles. The molecule has 0 aliphatic carbocycles. The molecule has 4 N–H and O–H groups in total. The highest BCUT2D eigenvalue weighted by Crippen LogP contribution is 2.28. The van der Waals surface area contributed by atoms with Crippen LogP contribution in [0.4, 0.5) is 11.4 Å². The van der Waals surface area contributed by atoms with Crippen LogP contribution >= 0.6 is 0 Å². The number of nitrogens with one attached hydrogen (secondary N) is 2. The lowest BCUT2D eigenvalue weighted by molar-refractivity contribution is -0.146. The minimum absolute atomic E-state index is 0.165. The first-order chi connectivity index (χ1) is 32.2. The Labute approximate surface area is 384 Å². The maximum atomic E-state index is 14.1. The summed E-state index contributed by atoms with van der Waals surface area (Å²) in [5.41, 5.74) is 5.17. The molecule has 2 unspecified atom stereocenters. The van der Waals surface area contributed by atoms with Gasteiger partial charge in [0.15, 0.2) is 12.1 Å². The summed E-state index contributed by atoms with van der Waals surface area (Å²) in [7, 11) is 0. The molecule has 2 aliphatic heterocycles. The number of carbonyl (C=O) groups is 4. The average molecular weight is 881 g/mol. The van der Waals surface area contributed by atoms with Gasteiger partial charge in [0.2, 0.25) is 11.8 Å². The van der Waals surface area contributed by atoms with Crippen LogP contribution in [-0.2, 0) is 32.3 Å². The molecule has 0 saturated carbocycles. The van der Waals surface area contributed by atoms with Crippen molar-refractivity contribution < 1.29 is 29.4 Å². The SMILES string of the molecule is O=C(O)C(N=C(c1ccccc1)c1ccccc1NC(=O)[C@H]1CCCN1Cc1ccccc1)C(N=C(c1ccccc1)c1ccccc1NC(=O)[C@H]1CCCN1Cc1ccccc1)C(=O)O. The Bertz CT molecular complexity index is 2510. The van der Waals surface area contributed by atoms with Crippen molar-refractivity contribution in [2.75, 3.05) is 23.7 Å². The minimum atomic E-state index is -1.94. The van der Waals surface area contributed by atoms with E-state index in [-0.39, 0.29) is 23.2 Å². The fraction of sp³-hybridized carbons (Fsp3) is 0.222. The zero-order valence-electron chi connectivity index (χ0n) is 36.4. The first-order valence-electron chi connectivity index (χ1n) is 22.3. The highest BCUT2D eigenvalue weighted by molar-refractivity contribution is 6.19. The summed E-state index contributed by atoms with van der Waals surface area (Å²) in [5, 5.41) is 28.1. The lowest BCUT2D eigenvalue weighted by Crippen LogP contribution is -2.40. The van der Waals surface area contributed by atoms with Crippen molar-refractivity contribution in [3.05, 3.63) is 203 Å². The number of carboxylic acid groups (broad SMARTS) is 2. The third kappa shape index (κ3) is 10.9. The van der Waals surface area contributed by atoms with Gasteiger partial charge in [-0.1, -0.05) is 158 Å². The van der Waals surface area contributed by atoms with Gasteiger partial charge in [0.25, 0.3) is 0 Å². The van der Waals surface area contributed by atoms with Crippen molar-refractivity contribution in [2.24, 2.45) is 9.98 Å². The molecule has 0 radical (unpaired) electrons. The van der Waals surface area contributed by atoms with E-state index in [1.807, 2.05) is 72.8 Å². The maximum absolute atomic E-state index is 14.1. The molecule has 66 heavy (non-hydrogen) atoms. The van der Waals surface area contributed by atoms with Crippen molar-refractivity contribution in [2.45, 2.75) is 62.9 Å². The monoisotopic (exact) mass is 880 g/mol. The highest BCUT2D eigenvalue weighted by atomic mass is 16.4. The number of carboxylic acids is 2. The summed E-state index contributed by atoms with van der Waals surface area (Å²) in [6, 6.07) is 47.0. The standard InChI is InChI=1S/C54H52N6O6/c61-51(45-31-17-33-59(45)35-37-19-5-1-6-20-37)55-43-29-15-13-27-41(43)47(39-23-9-3-10-24-39)57-49(53(63)64)50(54(65)66)58-48(40-25-11-4-12-26-40)42-28-14-16-30-44(42)56-52(62)46-32-18-34-60(46)36-38-21-7-2-8-22-38/h1-16,19-30,45-46,49-50H,17-18,31-36H2,(H,55,61)(H,56,62)(H,63,64)(H,65,66)/t45-,46-,49?,50?/m1/s1. The number of anilines is 2. The number of amides is 2. The molecule has 12 heteroatoms. The Balaban J connectivity index is 1.15. The molecule has 2 saturated heterocycles. The number of hydrogen-bond acceptors (Lipinski definition) is 8. The molecular formula is C54H52N6O6. The Kier molecular flexibility index (Phi) is 14.6. The van der Waals surface area contributed by atoms with Crippen LogP contribution in [0.1, 0.15) is 59.1 Å². The normalized spacial score (nSPS) is 17.8. The molecule has 2 aliphatic rings. The minimum Gasteiger partial charge on any atom is -0.480 e. The van der Waals surface area contributed by atoms with Gasteiger partial charge in [0.1, 0.15) is 0 Å². The molecule has 6 aromatic carbocycles. The van der Waals surface area contributed by atoms with E-state index in [1.54, 1.807) is 97.1 Å².